The van der Waals surface area contributed by atoms with Crippen LogP contribution in [-0.2, 0) is 16.2 Å². The van der Waals surface area contributed by atoms with Gasteiger partial charge in [0, 0.05) is 48.3 Å². The molecule has 36 heavy (non-hydrogen) atoms. The van der Waals surface area contributed by atoms with Crippen molar-refractivity contribution in [1.29, 1.82) is 0 Å². The number of ketones is 2. The second-order valence-corrected chi connectivity index (χ2v) is 10.6. The molecule has 0 bridgehead atoms. The lowest BCUT2D eigenvalue weighted by Gasteiger charge is -2.42. The van der Waals surface area contributed by atoms with Gasteiger partial charge in [-0.3, -0.25) is 9.59 Å². The molecule has 0 fully saturated rings. The number of hydrogen-bond donors (Lipinski definition) is 0. The lowest BCUT2D eigenvalue weighted by Crippen LogP contribution is -2.37. The highest BCUT2D eigenvalue weighted by atomic mass is 127. The summed E-state index contributed by atoms with van der Waals surface area (Å²) in [5, 5.41) is 0. The van der Waals surface area contributed by atoms with Crippen LogP contribution in [0.15, 0.2) is 58.9 Å². The quantitative estimate of drug-likeness (QED) is 0.357. The summed E-state index contributed by atoms with van der Waals surface area (Å²) >= 11 is 2.22. The number of benzene rings is 2. The van der Waals surface area contributed by atoms with Gasteiger partial charge in [-0.2, -0.15) is 0 Å². The molecule has 2 aromatic carbocycles. The summed E-state index contributed by atoms with van der Waals surface area (Å²) in [4.78, 5) is 28.7. The minimum Gasteiger partial charge on any atom is -0.490 e. The summed E-state index contributed by atoms with van der Waals surface area (Å²) in [5.41, 5.74) is 5.19. The molecule has 1 aliphatic heterocycles. The van der Waals surface area contributed by atoms with Crippen LogP contribution >= 0.6 is 22.6 Å². The molecule has 3 aliphatic rings. The van der Waals surface area contributed by atoms with Crippen molar-refractivity contribution in [2.45, 2.75) is 58.0 Å². The maximum atomic E-state index is 13.6. The average Bonchev–Trinajstić information content (AvgIpc) is 2.85. The third-order valence-electron chi connectivity index (χ3n) is 7.18. The summed E-state index contributed by atoms with van der Waals surface area (Å²) in [6.45, 7) is 2.54. The molecule has 0 N–H and O–H groups in total. The van der Waals surface area contributed by atoms with Crippen molar-refractivity contribution in [2.24, 2.45) is 0 Å². The van der Waals surface area contributed by atoms with Gasteiger partial charge in [0.1, 0.15) is 12.4 Å². The number of carbonyl (C=O) groups excluding carboxylic acids is 2. The highest BCUT2D eigenvalue weighted by Gasteiger charge is 2.42. The Kier molecular flexibility index (Phi) is 7.19. The van der Waals surface area contributed by atoms with Crippen LogP contribution in [0.1, 0.15) is 62.5 Å². The number of halogens is 2. The summed E-state index contributed by atoms with van der Waals surface area (Å²) < 4.78 is 26.6. The van der Waals surface area contributed by atoms with Crippen LogP contribution < -0.4 is 9.47 Å². The molecule has 2 aliphatic carbocycles. The monoisotopic (exact) mass is 601 g/mol. The lowest BCUT2D eigenvalue weighted by molar-refractivity contribution is -0.117. The second-order valence-electron chi connectivity index (χ2n) is 9.45. The topological polar surface area (TPSA) is 55.8 Å². The summed E-state index contributed by atoms with van der Waals surface area (Å²) in [5.74, 6) is 0.680. The van der Waals surface area contributed by atoms with Crippen LogP contribution in [0, 0.1) is 9.39 Å². The minimum atomic E-state index is -0.392. The Bertz CT molecular complexity index is 1250. The van der Waals surface area contributed by atoms with Crippen molar-refractivity contribution < 1.29 is 23.5 Å². The third-order valence-corrected chi connectivity index (χ3v) is 7.98. The van der Waals surface area contributed by atoms with Crippen molar-refractivity contribution >= 4 is 34.2 Å². The average molecular weight is 601 g/mol. The molecule has 0 saturated carbocycles. The van der Waals surface area contributed by atoms with Crippen LogP contribution in [0.2, 0.25) is 0 Å². The van der Waals surface area contributed by atoms with Crippen LogP contribution in [-0.4, -0.2) is 30.1 Å². The molecule has 0 spiro atoms. The zero-order valence-corrected chi connectivity index (χ0v) is 22.7. The Balaban J connectivity index is 1.60. The fourth-order valence-electron chi connectivity index (χ4n) is 5.63. The number of carbonyl (C=O) groups is 2. The molecule has 0 radical (unpaired) electrons. The number of Topliss-reactive ketones (excluding diaryl/α,β-unsaturated/α-hetero) is 2. The van der Waals surface area contributed by atoms with Gasteiger partial charge in [-0.05, 0) is 90.6 Å². The number of rotatable bonds is 6. The maximum Gasteiger partial charge on any atom is 0.174 e. The summed E-state index contributed by atoms with van der Waals surface area (Å²) in [6.07, 6.45) is 4.35. The normalized spacial score (nSPS) is 18.4. The minimum absolute atomic E-state index is 0.123. The number of allylic oxidation sites excluding steroid dienone is 4. The van der Waals surface area contributed by atoms with Gasteiger partial charge in [0.15, 0.2) is 23.1 Å². The van der Waals surface area contributed by atoms with Gasteiger partial charge >= 0.3 is 0 Å². The zero-order chi connectivity index (χ0) is 25.4. The van der Waals surface area contributed by atoms with E-state index < -0.39 is 5.92 Å². The Morgan fingerprint density at radius 3 is 2.25 bits per heavy atom. The second kappa shape index (κ2) is 10.4. The predicted molar refractivity (Wildman–Crippen MR) is 143 cm³/mol. The molecule has 0 amide bonds. The first-order chi connectivity index (χ1) is 17.4. The first-order valence-corrected chi connectivity index (χ1v) is 13.6. The van der Waals surface area contributed by atoms with E-state index in [4.69, 9.17) is 9.47 Å². The zero-order valence-electron chi connectivity index (χ0n) is 20.5. The molecule has 0 unspecified atom stereocenters. The molecule has 1 heterocycles. The molecule has 0 saturated heterocycles. The maximum absolute atomic E-state index is 13.6. The van der Waals surface area contributed by atoms with E-state index in [1.54, 1.807) is 6.07 Å². The SMILES string of the molecule is CCOc1cc(C2C3=C(CCCC3=O)N(C)C3=C2C(=O)CCC3)cc(I)c1OCc1cccc(F)c1. The summed E-state index contributed by atoms with van der Waals surface area (Å²) in [7, 11) is 2.00. The number of ether oxygens (including phenoxy) is 2. The van der Waals surface area contributed by atoms with Crippen molar-refractivity contribution in [3.8, 4) is 11.5 Å². The Morgan fingerprint density at radius 2 is 1.64 bits per heavy atom. The molecule has 5 nitrogen and oxygen atoms in total. The number of nitrogens with zero attached hydrogens (tertiary/aromatic N) is 1. The van der Waals surface area contributed by atoms with Crippen molar-refractivity contribution in [3.05, 3.63) is 79.5 Å². The first-order valence-electron chi connectivity index (χ1n) is 12.5. The fraction of sp³-hybridized carbons (Fsp3) is 0.379. The number of hydrogen-bond acceptors (Lipinski definition) is 5. The van der Waals surface area contributed by atoms with E-state index in [-0.39, 0.29) is 24.0 Å². The van der Waals surface area contributed by atoms with Gasteiger partial charge in [0.25, 0.3) is 0 Å². The molecular weight excluding hydrogens is 572 g/mol. The van der Waals surface area contributed by atoms with Crippen molar-refractivity contribution in [2.75, 3.05) is 13.7 Å². The highest BCUT2D eigenvalue weighted by Crippen LogP contribution is 2.50. The highest BCUT2D eigenvalue weighted by molar-refractivity contribution is 14.1. The Labute approximate surface area is 224 Å². The molecule has 2 aromatic rings. The van der Waals surface area contributed by atoms with Crippen molar-refractivity contribution in [1.82, 2.24) is 4.90 Å². The molecule has 0 atom stereocenters. The standard InChI is InChI=1S/C29H29FINO4/c1-3-35-25-15-18(14-20(31)29(25)36-16-17-7-4-8-19(30)13-17)26-27-21(9-5-11-23(27)33)32(2)22-10-6-12-24(34)28(22)26/h4,7-8,13-15,26H,3,5-6,9-12,16H2,1-2H3. The van der Waals surface area contributed by atoms with E-state index in [0.29, 0.717) is 30.9 Å². The predicted octanol–water partition coefficient (Wildman–Crippen LogP) is 6.45. The Morgan fingerprint density at radius 1 is 0.972 bits per heavy atom. The smallest absolute Gasteiger partial charge is 0.174 e. The molecular formula is C29H29FINO4. The molecule has 7 heteroatoms. The van der Waals surface area contributed by atoms with Gasteiger partial charge < -0.3 is 14.4 Å². The van der Waals surface area contributed by atoms with Crippen LogP contribution in [0.5, 0.6) is 11.5 Å². The van der Waals surface area contributed by atoms with E-state index in [1.807, 2.05) is 32.2 Å². The van der Waals surface area contributed by atoms with Gasteiger partial charge in [-0.15, -0.1) is 0 Å². The van der Waals surface area contributed by atoms with E-state index in [1.165, 1.54) is 12.1 Å². The lowest BCUT2D eigenvalue weighted by atomic mass is 9.71. The van der Waals surface area contributed by atoms with Gasteiger partial charge in [0.05, 0.1) is 10.2 Å². The third kappa shape index (κ3) is 4.58. The Hall–Kier alpha value is -2.68. The van der Waals surface area contributed by atoms with Gasteiger partial charge in [-0.25, -0.2) is 4.39 Å². The van der Waals surface area contributed by atoms with Crippen LogP contribution in [0.4, 0.5) is 4.39 Å². The van der Waals surface area contributed by atoms with Crippen molar-refractivity contribution in [3.63, 3.8) is 0 Å². The van der Waals surface area contributed by atoms with Crippen LogP contribution in [0.25, 0.3) is 0 Å². The van der Waals surface area contributed by atoms with E-state index in [2.05, 4.69) is 27.5 Å². The largest absolute Gasteiger partial charge is 0.490 e. The van der Waals surface area contributed by atoms with Crippen LogP contribution in [0.3, 0.4) is 0 Å². The summed E-state index contributed by atoms with van der Waals surface area (Å²) in [6, 6.07) is 10.2. The fourth-order valence-corrected chi connectivity index (χ4v) is 6.41. The van der Waals surface area contributed by atoms with E-state index in [0.717, 1.165) is 62.9 Å². The van der Waals surface area contributed by atoms with Gasteiger partial charge in [0.2, 0.25) is 0 Å². The molecule has 5 rings (SSSR count). The van der Waals surface area contributed by atoms with Gasteiger partial charge in [-0.1, -0.05) is 12.1 Å². The van der Waals surface area contributed by atoms with E-state index >= 15 is 0 Å². The first kappa shape index (κ1) is 25.0. The van der Waals surface area contributed by atoms with E-state index in [9.17, 15) is 14.0 Å². The molecule has 188 valence electrons. The molecule has 0 aromatic heterocycles.